The zero-order chi connectivity index (χ0) is 15.7. The van der Waals surface area contributed by atoms with Crippen LogP contribution in [0.15, 0.2) is 0 Å². The molecule has 0 fully saturated rings. The largest absolute Gasteiger partial charge is 0.460 e. The van der Waals surface area contributed by atoms with Crippen molar-refractivity contribution >= 4 is 5.91 Å². The maximum Gasteiger partial charge on any atom is 0.460 e. The molecule has 0 aliphatic heterocycles. The third kappa shape index (κ3) is 2.87. The molecule has 0 aliphatic rings. The van der Waals surface area contributed by atoms with Gasteiger partial charge in [-0.1, -0.05) is 0 Å². The van der Waals surface area contributed by atoms with E-state index in [1.165, 1.54) is 0 Å². The van der Waals surface area contributed by atoms with E-state index in [4.69, 9.17) is 5.11 Å². The summed E-state index contributed by atoms with van der Waals surface area (Å²) in [7, 11) is 0. The number of halogens is 9. The number of nitrogens with one attached hydrogen (secondary N) is 1. The van der Waals surface area contributed by atoms with Crippen molar-refractivity contribution in [2.45, 2.75) is 23.9 Å². The Morgan fingerprint density at radius 3 is 1.63 bits per heavy atom. The Hall–Kier alpha value is -1.20. The average Bonchev–Trinajstić information content (AvgIpc) is 2.23. The maximum absolute atomic E-state index is 12.7. The molecule has 0 aliphatic carbocycles. The molecule has 0 unspecified atom stereocenters. The topological polar surface area (TPSA) is 49.3 Å². The van der Waals surface area contributed by atoms with Gasteiger partial charge >= 0.3 is 23.9 Å². The zero-order valence-electron chi connectivity index (χ0n) is 8.67. The number of amides is 1. The first-order valence-corrected chi connectivity index (χ1v) is 4.32. The van der Waals surface area contributed by atoms with Crippen molar-refractivity contribution in [2.75, 3.05) is 13.2 Å². The van der Waals surface area contributed by atoms with Gasteiger partial charge in [-0.2, -0.15) is 39.5 Å². The van der Waals surface area contributed by atoms with Gasteiger partial charge in [0.15, 0.2) is 0 Å². The lowest BCUT2D eigenvalue weighted by molar-refractivity contribution is -0.388. The number of hydrogen-bond acceptors (Lipinski definition) is 2. The van der Waals surface area contributed by atoms with E-state index in [-0.39, 0.29) is 0 Å². The van der Waals surface area contributed by atoms with Gasteiger partial charge in [-0.25, -0.2) is 0 Å². The van der Waals surface area contributed by atoms with Crippen molar-refractivity contribution in [1.82, 2.24) is 5.32 Å². The number of rotatable bonds is 5. The minimum atomic E-state index is -7.11. The molecule has 0 spiro atoms. The fourth-order valence-electron chi connectivity index (χ4n) is 0.798. The lowest BCUT2D eigenvalue weighted by Gasteiger charge is -2.32. The Morgan fingerprint density at radius 2 is 1.32 bits per heavy atom. The molecule has 3 nitrogen and oxygen atoms in total. The fraction of sp³-hybridized carbons (Fsp3) is 0.857. The van der Waals surface area contributed by atoms with E-state index in [1.807, 2.05) is 0 Å². The van der Waals surface area contributed by atoms with Crippen LogP contribution in [-0.2, 0) is 4.79 Å². The third-order valence-electron chi connectivity index (χ3n) is 1.83. The number of carbonyl (C=O) groups is 1. The second-order valence-corrected chi connectivity index (χ2v) is 3.20. The fourth-order valence-corrected chi connectivity index (χ4v) is 0.798. The van der Waals surface area contributed by atoms with Crippen LogP contribution >= 0.6 is 0 Å². The SMILES string of the molecule is O=C(NCCO)C(F)(F)C(F)(F)C(F)(F)C(F)(F)F. The predicted octanol–water partition coefficient (Wildman–Crippen LogP) is 1.56. The van der Waals surface area contributed by atoms with Crippen LogP contribution in [0.5, 0.6) is 0 Å². The highest BCUT2D eigenvalue weighted by Gasteiger charge is 2.83. The molecule has 0 aromatic heterocycles. The number of hydrogen-bond donors (Lipinski definition) is 2. The van der Waals surface area contributed by atoms with Gasteiger partial charge in [0, 0.05) is 6.54 Å². The van der Waals surface area contributed by atoms with E-state index >= 15 is 0 Å². The van der Waals surface area contributed by atoms with Crippen molar-refractivity contribution in [3.05, 3.63) is 0 Å². The normalized spacial score (nSPS) is 14.4. The third-order valence-corrected chi connectivity index (χ3v) is 1.83. The molecule has 0 rings (SSSR count). The molecule has 0 aromatic carbocycles. The molecule has 0 heterocycles. The molecule has 0 aromatic rings. The van der Waals surface area contributed by atoms with Crippen LogP contribution in [0.4, 0.5) is 39.5 Å². The molecule has 0 atom stereocenters. The van der Waals surface area contributed by atoms with Crippen LogP contribution in [0, 0.1) is 0 Å². The monoisotopic (exact) mass is 307 g/mol. The van der Waals surface area contributed by atoms with Crippen molar-refractivity contribution in [1.29, 1.82) is 0 Å². The van der Waals surface area contributed by atoms with Crippen LogP contribution in [-0.4, -0.2) is 48.1 Å². The summed E-state index contributed by atoms with van der Waals surface area (Å²) < 4.78 is 110. The predicted molar refractivity (Wildman–Crippen MR) is 41.0 cm³/mol. The second kappa shape index (κ2) is 5.06. The summed E-state index contributed by atoms with van der Waals surface area (Å²) >= 11 is 0. The zero-order valence-corrected chi connectivity index (χ0v) is 8.67. The first-order chi connectivity index (χ1) is 8.23. The van der Waals surface area contributed by atoms with E-state index in [0.717, 1.165) is 5.32 Å². The van der Waals surface area contributed by atoms with Gasteiger partial charge in [0.25, 0.3) is 5.91 Å². The van der Waals surface area contributed by atoms with E-state index in [1.54, 1.807) is 0 Å². The minimum absolute atomic E-state index is 0.883. The van der Waals surface area contributed by atoms with Crippen LogP contribution in [0.25, 0.3) is 0 Å². The highest BCUT2D eigenvalue weighted by Crippen LogP contribution is 2.52. The Kier molecular flexibility index (Phi) is 4.74. The molecule has 2 N–H and O–H groups in total. The minimum Gasteiger partial charge on any atom is -0.395 e. The Balaban J connectivity index is 5.45. The second-order valence-electron chi connectivity index (χ2n) is 3.20. The summed E-state index contributed by atoms with van der Waals surface area (Å²) in [5, 5.41) is 8.98. The van der Waals surface area contributed by atoms with Gasteiger partial charge in [0.2, 0.25) is 0 Å². The Morgan fingerprint density at radius 1 is 0.895 bits per heavy atom. The summed E-state index contributed by atoms with van der Waals surface area (Å²) in [6.07, 6.45) is -6.98. The van der Waals surface area contributed by atoms with Gasteiger partial charge in [0.05, 0.1) is 6.61 Å². The van der Waals surface area contributed by atoms with Crippen LogP contribution in [0.2, 0.25) is 0 Å². The molecule has 0 saturated carbocycles. The van der Waals surface area contributed by atoms with Crippen LogP contribution in [0.3, 0.4) is 0 Å². The maximum atomic E-state index is 12.7. The van der Waals surface area contributed by atoms with Crippen molar-refractivity contribution in [3.63, 3.8) is 0 Å². The molecule has 1 amide bonds. The number of alkyl halides is 9. The molecular weight excluding hydrogens is 301 g/mol. The van der Waals surface area contributed by atoms with E-state index in [9.17, 15) is 44.3 Å². The van der Waals surface area contributed by atoms with Gasteiger partial charge in [0.1, 0.15) is 0 Å². The molecule has 0 radical (unpaired) electrons. The van der Waals surface area contributed by atoms with Gasteiger partial charge in [-0.3, -0.25) is 4.79 Å². The van der Waals surface area contributed by atoms with Crippen LogP contribution in [0.1, 0.15) is 0 Å². The number of carbonyl (C=O) groups excluding carboxylic acids is 1. The molecule has 19 heavy (non-hydrogen) atoms. The highest BCUT2D eigenvalue weighted by molar-refractivity contribution is 5.84. The molecule has 114 valence electrons. The Bertz CT molecular complexity index is 338. The summed E-state index contributed by atoms with van der Waals surface area (Å²) in [5.41, 5.74) is 0. The van der Waals surface area contributed by atoms with E-state index in [2.05, 4.69) is 0 Å². The van der Waals surface area contributed by atoms with E-state index in [0.29, 0.717) is 0 Å². The average molecular weight is 307 g/mol. The van der Waals surface area contributed by atoms with Gasteiger partial charge < -0.3 is 10.4 Å². The summed E-state index contributed by atoms with van der Waals surface area (Å²) in [6.45, 7) is -2.04. The lowest BCUT2D eigenvalue weighted by atomic mass is 10.0. The lowest BCUT2D eigenvalue weighted by Crippen LogP contribution is -2.65. The van der Waals surface area contributed by atoms with Gasteiger partial charge in [-0.05, 0) is 0 Å². The van der Waals surface area contributed by atoms with Crippen LogP contribution < -0.4 is 5.32 Å². The summed E-state index contributed by atoms with van der Waals surface area (Å²) in [6, 6.07) is 0. The smallest absolute Gasteiger partial charge is 0.395 e. The summed E-state index contributed by atoms with van der Waals surface area (Å²) in [5.74, 6) is -23.5. The van der Waals surface area contributed by atoms with Gasteiger partial charge in [-0.15, -0.1) is 0 Å². The first kappa shape index (κ1) is 17.8. The molecule has 0 saturated heterocycles. The number of aliphatic hydroxyl groups excluding tert-OH is 1. The Labute approximate surface area is 98.9 Å². The molecule has 12 heteroatoms. The van der Waals surface area contributed by atoms with Crippen molar-refractivity contribution in [3.8, 4) is 0 Å². The molecule has 0 bridgehead atoms. The van der Waals surface area contributed by atoms with Crippen molar-refractivity contribution in [2.24, 2.45) is 0 Å². The first-order valence-electron chi connectivity index (χ1n) is 4.32. The summed E-state index contributed by atoms with van der Waals surface area (Å²) in [4.78, 5) is 10.5. The number of aliphatic hydroxyl groups is 1. The highest BCUT2D eigenvalue weighted by atomic mass is 19.4. The van der Waals surface area contributed by atoms with E-state index < -0.39 is 43.0 Å². The quantitative estimate of drug-likeness (QED) is 0.757. The molecular formula is C7H6F9NO2. The van der Waals surface area contributed by atoms with Crippen molar-refractivity contribution < 1.29 is 49.4 Å². The standard InChI is InChI=1S/C7H6F9NO2/c8-4(9,3(19)17-1-2-18)5(10,11)6(12,13)7(14,15)16/h18H,1-2H2,(H,17,19).